The van der Waals surface area contributed by atoms with Crippen molar-refractivity contribution in [3.05, 3.63) is 42.3 Å². The van der Waals surface area contributed by atoms with Gasteiger partial charge in [-0.05, 0) is 32.1 Å². The Balaban J connectivity index is 0.00000338. The van der Waals surface area contributed by atoms with Gasteiger partial charge < -0.3 is 20.0 Å². The number of guanidine groups is 1. The lowest BCUT2D eigenvalue weighted by Crippen LogP contribution is -2.41. The van der Waals surface area contributed by atoms with Crippen LogP contribution in [0.2, 0.25) is 0 Å². The highest BCUT2D eigenvalue weighted by molar-refractivity contribution is 14.0. The van der Waals surface area contributed by atoms with Crippen molar-refractivity contribution in [3.8, 4) is 11.5 Å². The van der Waals surface area contributed by atoms with Gasteiger partial charge in [0.05, 0.1) is 6.54 Å². The fourth-order valence-corrected chi connectivity index (χ4v) is 2.47. The van der Waals surface area contributed by atoms with Gasteiger partial charge in [-0.25, -0.2) is 9.98 Å². The van der Waals surface area contributed by atoms with Crippen LogP contribution in [0.15, 0.2) is 46.0 Å². The SMILES string of the molecule is CCNC(=NCc1coc(-c2ccccc2)n1)NCCN(CC)CC.I. The number of aromatic nitrogens is 1. The van der Waals surface area contributed by atoms with Gasteiger partial charge >= 0.3 is 0 Å². The standard InChI is InChI=1S/C19H29N5O.HI/c1-4-20-19(21-12-13-24(5-2)6-3)22-14-17-15-25-18(23-17)16-10-8-7-9-11-16;/h7-11,15H,4-6,12-14H2,1-3H3,(H2,20,21,22);1H. The lowest BCUT2D eigenvalue weighted by Gasteiger charge is -2.19. The van der Waals surface area contributed by atoms with Crippen LogP contribution in [0.4, 0.5) is 0 Å². The monoisotopic (exact) mass is 471 g/mol. The minimum absolute atomic E-state index is 0. The summed E-state index contributed by atoms with van der Waals surface area (Å²) >= 11 is 0. The van der Waals surface area contributed by atoms with Crippen LogP contribution < -0.4 is 10.6 Å². The zero-order valence-corrected chi connectivity index (χ0v) is 18.2. The molecule has 0 unspecified atom stereocenters. The lowest BCUT2D eigenvalue weighted by molar-refractivity contribution is 0.308. The summed E-state index contributed by atoms with van der Waals surface area (Å²) < 4.78 is 5.56. The molecule has 6 nitrogen and oxygen atoms in total. The fraction of sp³-hybridized carbons (Fsp3) is 0.474. The number of rotatable bonds is 9. The van der Waals surface area contributed by atoms with Gasteiger partial charge in [0.1, 0.15) is 12.0 Å². The molecule has 1 heterocycles. The molecule has 0 fully saturated rings. The summed E-state index contributed by atoms with van der Waals surface area (Å²) in [7, 11) is 0. The van der Waals surface area contributed by atoms with Crippen molar-refractivity contribution < 1.29 is 4.42 Å². The highest BCUT2D eigenvalue weighted by Gasteiger charge is 2.06. The van der Waals surface area contributed by atoms with Crippen LogP contribution in [0.3, 0.4) is 0 Å². The molecule has 1 aromatic heterocycles. The molecule has 26 heavy (non-hydrogen) atoms. The lowest BCUT2D eigenvalue weighted by atomic mass is 10.2. The molecule has 0 aliphatic rings. The molecule has 2 rings (SSSR count). The quantitative estimate of drug-likeness (QED) is 0.334. The Morgan fingerprint density at radius 2 is 1.85 bits per heavy atom. The highest BCUT2D eigenvalue weighted by atomic mass is 127. The summed E-state index contributed by atoms with van der Waals surface area (Å²) in [6.45, 7) is 11.7. The van der Waals surface area contributed by atoms with Crippen molar-refractivity contribution in [1.29, 1.82) is 0 Å². The fourth-order valence-electron chi connectivity index (χ4n) is 2.47. The predicted octanol–water partition coefficient (Wildman–Crippen LogP) is 3.36. The second-order valence-corrected chi connectivity index (χ2v) is 5.66. The molecular weight excluding hydrogens is 441 g/mol. The van der Waals surface area contributed by atoms with Crippen LogP contribution in [0.5, 0.6) is 0 Å². The van der Waals surface area contributed by atoms with Crippen molar-refractivity contribution in [2.45, 2.75) is 27.3 Å². The average molecular weight is 471 g/mol. The van der Waals surface area contributed by atoms with E-state index in [-0.39, 0.29) is 24.0 Å². The van der Waals surface area contributed by atoms with Gasteiger partial charge in [0.2, 0.25) is 5.89 Å². The van der Waals surface area contributed by atoms with E-state index >= 15 is 0 Å². The van der Waals surface area contributed by atoms with Gasteiger partial charge in [-0.1, -0.05) is 32.0 Å². The summed E-state index contributed by atoms with van der Waals surface area (Å²) in [6, 6.07) is 9.89. The van der Waals surface area contributed by atoms with Crippen molar-refractivity contribution >= 4 is 29.9 Å². The normalized spacial score (nSPS) is 11.3. The molecule has 2 aromatic rings. The molecule has 0 aliphatic heterocycles. The Labute approximate surface area is 173 Å². The maximum Gasteiger partial charge on any atom is 0.226 e. The first-order chi connectivity index (χ1) is 12.3. The number of oxazole rings is 1. The molecule has 0 spiro atoms. The van der Waals surface area contributed by atoms with E-state index in [9.17, 15) is 0 Å². The van der Waals surface area contributed by atoms with Gasteiger partial charge in [0.15, 0.2) is 5.96 Å². The van der Waals surface area contributed by atoms with Gasteiger partial charge in [0.25, 0.3) is 0 Å². The smallest absolute Gasteiger partial charge is 0.226 e. The first kappa shape index (κ1) is 22.4. The summed E-state index contributed by atoms with van der Waals surface area (Å²) in [5.74, 6) is 1.43. The molecular formula is C19H30IN5O. The molecule has 7 heteroatoms. The second-order valence-electron chi connectivity index (χ2n) is 5.66. The Hall–Kier alpha value is -1.61. The molecule has 0 radical (unpaired) electrons. The molecule has 0 amide bonds. The van der Waals surface area contributed by atoms with E-state index in [1.54, 1.807) is 6.26 Å². The van der Waals surface area contributed by atoms with Gasteiger partial charge in [-0.2, -0.15) is 0 Å². The molecule has 144 valence electrons. The Morgan fingerprint density at radius 1 is 1.12 bits per heavy atom. The van der Waals surface area contributed by atoms with Gasteiger partial charge in [-0.15, -0.1) is 24.0 Å². The minimum Gasteiger partial charge on any atom is -0.444 e. The first-order valence-electron chi connectivity index (χ1n) is 9.01. The van der Waals surface area contributed by atoms with Gasteiger partial charge in [-0.3, -0.25) is 0 Å². The molecule has 0 atom stereocenters. The highest BCUT2D eigenvalue weighted by Crippen LogP contribution is 2.18. The van der Waals surface area contributed by atoms with Crippen LogP contribution in [0.25, 0.3) is 11.5 Å². The van der Waals surface area contributed by atoms with Crippen LogP contribution in [0.1, 0.15) is 26.5 Å². The van der Waals surface area contributed by atoms with Crippen molar-refractivity contribution in [1.82, 2.24) is 20.5 Å². The van der Waals surface area contributed by atoms with E-state index in [0.717, 1.165) is 49.9 Å². The zero-order chi connectivity index (χ0) is 17.9. The minimum atomic E-state index is 0. The van der Waals surface area contributed by atoms with Crippen LogP contribution in [0, 0.1) is 0 Å². The Kier molecular flexibility index (Phi) is 11.0. The number of nitrogens with zero attached hydrogens (tertiary/aromatic N) is 3. The number of hydrogen-bond acceptors (Lipinski definition) is 4. The van der Waals surface area contributed by atoms with Gasteiger partial charge in [0, 0.05) is 25.2 Å². The van der Waals surface area contributed by atoms with Crippen LogP contribution in [-0.4, -0.2) is 48.6 Å². The number of benzene rings is 1. The number of aliphatic imine (C=N–C) groups is 1. The molecule has 0 aliphatic carbocycles. The largest absolute Gasteiger partial charge is 0.444 e. The average Bonchev–Trinajstić information content (AvgIpc) is 3.13. The summed E-state index contributed by atoms with van der Waals surface area (Å²) in [5, 5.41) is 6.63. The molecule has 0 saturated carbocycles. The van der Waals surface area contributed by atoms with E-state index in [1.807, 2.05) is 30.3 Å². The maximum absolute atomic E-state index is 5.56. The van der Waals surface area contributed by atoms with E-state index in [2.05, 4.69) is 46.3 Å². The predicted molar refractivity (Wildman–Crippen MR) is 118 cm³/mol. The number of halogens is 1. The third kappa shape index (κ3) is 7.33. The van der Waals surface area contributed by atoms with Crippen molar-refractivity contribution in [2.24, 2.45) is 4.99 Å². The Morgan fingerprint density at radius 3 is 2.50 bits per heavy atom. The number of hydrogen-bond donors (Lipinski definition) is 2. The van der Waals surface area contributed by atoms with Crippen molar-refractivity contribution in [3.63, 3.8) is 0 Å². The summed E-state index contributed by atoms with van der Waals surface area (Å²) in [6.07, 6.45) is 1.67. The summed E-state index contributed by atoms with van der Waals surface area (Å²) in [4.78, 5) is 11.5. The van der Waals surface area contributed by atoms with E-state index < -0.39 is 0 Å². The molecule has 1 aromatic carbocycles. The Bertz CT molecular complexity index is 640. The van der Waals surface area contributed by atoms with E-state index in [1.165, 1.54) is 0 Å². The van der Waals surface area contributed by atoms with Crippen molar-refractivity contribution in [2.75, 3.05) is 32.7 Å². The number of nitrogens with one attached hydrogen (secondary N) is 2. The molecule has 0 bridgehead atoms. The van der Waals surface area contributed by atoms with E-state index in [0.29, 0.717) is 12.4 Å². The summed E-state index contributed by atoms with van der Waals surface area (Å²) in [5.41, 5.74) is 1.79. The van der Waals surface area contributed by atoms with Crippen LogP contribution >= 0.6 is 24.0 Å². The third-order valence-electron chi connectivity index (χ3n) is 3.93. The molecule has 2 N–H and O–H groups in total. The number of likely N-dealkylation sites (N-methyl/N-ethyl adjacent to an activating group) is 1. The molecule has 0 saturated heterocycles. The maximum atomic E-state index is 5.56. The van der Waals surface area contributed by atoms with Crippen LogP contribution in [-0.2, 0) is 6.54 Å². The van der Waals surface area contributed by atoms with E-state index in [4.69, 9.17) is 4.42 Å². The first-order valence-corrected chi connectivity index (χ1v) is 9.01. The third-order valence-corrected chi connectivity index (χ3v) is 3.93. The topological polar surface area (TPSA) is 65.7 Å². The zero-order valence-electron chi connectivity index (χ0n) is 15.9. The second kappa shape index (κ2) is 12.7.